The average Bonchev–Trinajstić information content (AvgIpc) is 2.26. The summed E-state index contributed by atoms with van der Waals surface area (Å²) in [4.78, 5) is 21.8. The second-order valence-electron chi connectivity index (χ2n) is 4.71. The number of nitrogens with two attached hydrogens (primary N) is 1. The van der Waals surface area contributed by atoms with Gasteiger partial charge in [0.2, 0.25) is 5.91 Å². The second kappa shape index (κ2) is 5.97. The van der Waals surface area contributed by atoms with Gasteiger partial charge in [-0.15, -0.1) is 0 Å². The van der Waals surface area contributed by atoms with Crippen LogP contribution in [0.15, 0.2) is 0 Å². The number of amides is 1. The van der Waals surface area contributed by atoms with E-state index in [2.05, 4.69) is 5.32 Å². The Hall–Kier alpha value is -1.14. The lowest BCUT2D eigenvalue weighted by Crippen LogP contribution is -2.49. The van der Waals surface area contributed by atoms with Crippen LogP contribution in [0.3, 0.4) is 0 Å². The molecule has 6 heteroatoms. The van der Waals surface area contributed by atoms with E-state index in [9.17, 15) is 14.7 Å². The predicted octanol–water partition coefficient (Wildman–Crippen LogP) is -0.400. The maximum Gasteiger partial charge on any atom is 0.305 e. The zero-order chi connectivity index (χ0) is 12.9. The molecule has 1 aliphatic rings. The number of hydrogen-bond acceptors (Lipinski definition) is 4. The van der Waals surface area contributed by atoms with Crippen LogP contribution in [0.1, 0.15) is 38.5 Å². The summed E-state index contributed by atoms with van der Waals surface area (Å²) in [6.45, 7) is 0.152. The van der Waals surface area contributed by atoms with Gasteiger partial charge in [-0.2, -0.15) is 0 Å². The van der Waals surface area contributed by atoms with Crippen molar-refractivity contribution in [3.63, 3.8) is 0 Å². The Kier molecular flexibility index (Phi) is 4.89. The van der Waals surface area contributed by atoms with Crippen molar-refractivity contribution in [2.75, 3.05) is 6.54 Å². The van der Waals surface area contributed by atoms with E-state index in [0.717, 1.165) is 19.3 Å². The Labute approximate surface area is 100 Å². The average molecular weight is 244 g/mol. The van der Waals surface area contributed by atoms with Crippen LogP contribution in [-0.2, 0) is 9.59 Å². The predicted molar refractivity (Wildman–Crippen MR) is 61.3 cm³/mol. The van der Waals surface area contributed by atoms with Crippen molar-refractivity contribution < 1.29 is 19.8 Å². The maximum atomic E-state index is 11.5. The number of carbonyl (C=O) groups excluding carboxylic acids is 1. The van der Waals surface area contributed by atoms with Gasteiger partial charge in [0.15, 0.2) is 0 Å². The SMILES string of the molecule is NC(CC(=O)O)C(=O)NCC1(O)CCCCC1. The van der Waals surface area contributed by atoms with Gasteiger partial charge in [0, 0.05) is 6.54 Å². The van der Waals surface area contributed by atoms with Crippen LogP contribution in [0.4, 0.5) is 0 Å². The molecule has 1 rings (SSSR count). The highest BCUT2D eigenvalue weighted by atomic mass is 16.4. The molecule has 0 bridgehead atoms. The highest BCUT2D eigenvalue weighted by Gasteiger charge is 2.30. The third-order valence-electron chi connectivity index (χ3n) is 3.11. The van der Waals surface area contributed by atoms with Gasteiger partial charge in [-0.25, -0.2) is 0 Å². The quantitative estimate of drug-likeness (QED) is 0.525. The van der Waals surface area contributed by atoms with Crippen molar-refractivity contribution in [1.29, 1.82) is 0 Å². The molecule has 5 N–H and O–H groups in total. The van der Waals surface area contributed by atoms with Crippen LogP contribution in [0.2, 0.25) is 0 Å². The number of aliphatic hydroxyl groups is 1. The molecule has 0 saturated heterocycles. The van der Waals surface area contributed by atoms with E-state index in [1.807, 2.05) is 0 Å². The topological polar surface area (TPSA) is 113 Å². The van der Waals surface area contributed by atoms with Crippen molar-refractivity contribution in [3.05, 3.63) is 0 Å². The lowest BCUT2D eigenvalue weighted by Gasteiger charge is -2.32. The number of carbonyl (C=O) groups is 2. The monoisotopic (exact) mass is 244 g/mol. The molecule has 0 aromatic carbocycles. The van der Waals surface area contributed by atoms with Crippen LogP contribution in [-0.4, -0.2) is 40.3 Å². The highest BCUT2D eigenvalue weighted by molar-refractivity contribution is 5.85. The minimum absolute atomic E-state index is 0.152. The van der Waals surface area contributed by atoms with Crippen LogP contribution >= 0.6 is 0 Å². The number of rotatable bonds is 5. The summed E-state index contributed by atoms with van der Waals surface area (Å²) in [5.74, 6) is -1.63. The van der Waals surface area contributed by atoms with Crippen molar-refractivity contribution >= 4 is 11.9 Å². The number of carboxylic acids is 1. The number of hydrogen-bond donors (Lipinski definition) is 4. The minimum Gasteiger partial charge on any atom is -0.481 e. The molecular weight excluding hydrogens is 224 g/mol. The van der Waals surface area contributed by atoms with Crippen LogP contribution < -0.4 is 11.1 Å². The van der Waals surface area contributed by atoms with E-state index in [0.29, 0.717) is 12.8 Å². The fraction of sp³-hybridized carbons (Fsp3) is 0.818. The van der Waals surface area contributed by atoms with Gasteiger partial charge in [-0.1, -0.05) is 19.3 Å². The first-order valence-corrected chi connectivity index (χ1v) is 5.90. The molecule has 1 aliphatic carbocycles. The second-order valence-corrected chi connectivity index (χ2v) is 4.71. The Bertz CT molecular complexity index is 287. The molecule has 98 valence electrons. The zero-order valence-electron chi connectivity index (χ0n) is 9.82. The number of carboxylic acid groups (broad SMARTS) is 1. The Morgan fingerprint density at radius 2 is 1.88 bits per heavy atom. The molecule has 0 spiro atoms. The van der Waals surface area contributed by atoms with Gasteiger partial charge in [0.05, 0.1) is 18.1 Å². The van der Waals surface area contributed by atoms with Crippen LogP contribution in [0.5, 0.6) is 0 Å². The lowest BCUT2D eigenvalue weighted by molar-refractivity contribution is -0.139. The molecule has 1 atom stereocenters. The van der Waals surface area contributed by atoms with Gasteiger partial charge in [0.1, 0.15) is 0 Å². The largest absolute Gasteiger partial charge is 0.481 e. The molecule has 1 fully saturated rings. The van der Waals surface area contributed by atoms with Crippen LogP contribution in [0.25, 0.3) is 0 Å². The van der Waals surface area contributed by atoms with Crippen molar-refractivity contribution in [3.8, 4) is 0 Å². The fourth-order valence-corrected chi connectivity index (χ4v) is 2.05. The summed E-state index contributed by atoms with van der Waals surface area (Å²) < 4.78 is 0. The van der Waals surface area contributed by atoms with Gasteiger partial charge >= 0.3 is 5.97 Å². The van der Waals surface area contributed by atoms with E-state index in [4.69, 9.17) is 10.8 Å². The summed E-state index contributed by atoms with van der Waals surface area (Å²) in [7, 11) is 0. The van der Waals surface area contributed by atoms with E-state index in [1.54, 1.807) is 0 Å². The third kappa shape index (κ3) is 4.70. The first-order valence-electron chi connectivity index (χ1n) is 5.90. The molecule has 17 heavy (non-hydrogen) atoms. The molecule has 1 saturated carbocycles. The fourth-order valence-electron chi connectivity index (χ4n) is 2.05. The standard InChI is InChI=1S/C11H20N2O4/c12-8(6-9(14)15)10(16)13-7-11(17)4-2-1-3-5-11/h8,17H,1-7,12H2,(H,13,16)(H,14,15). The summed E-state index contributed by atoms with van der Waals surface area (Å²) in [5, 5.41) is 21.1. The summed E-state index contributed by atoms with van der Waals surface area (Å²) in [6.07, 6.45) is 3.95. The Balaban J connectivity index is 2.33. The molecule has 0 aromatic rings. The minimum atomic E-state index is -1.11. The van der Waals surface area contributed by atoms with E-state index in [-0.39, 0.29) is 6.54 Å². The molecular formula is C11H20N2O4. The summed E-state index contributed by atoms with van der Waals surface area (Å²) >= 11 is 0. The third-order valence-corrected chi connectivity index (χ3v) is 3.11. The van der Waals surface area contributed by atoms with Crippen LogP contribution in [0, 0.1) is 0 Å². The summed E-state index contributed by atoms with van der Waals surface area (Å²) in [6, 6.07) is -1.06. The number of aliphatic carboxylic acids is 1. The molecule has 6 nitrogen and oxygen atoms in total. The molecule has 1 amide bonds. The van der Waals surface area contributed by atoms with Crippen molar-refractivity contribution in [2.45, 2.75) is 50.2 Å². The zero-order valence-corrected chi connectivity index (χ0v) is 9.82. The smallest absolute Gasteiger partial charge is 0.305 e. The Morgan fingerprint density at radius 1 is 1.29 bits per heavy atom. The first-order chi connectivity index (χ1) is 7.93. The number of nitrogens with one attached hydrogen (secondary N) is 1. The Morgan fingerprint density at radius 3 is 2.41 bits per heavy atom. The molecule has 0 aliphatic heterocycles. The molecule has 0 aromatic heterocycles. The van der Waals surface area contributed by atoms with E-state index < -0.39 is 29.9 Å². The molecule has 0 heterocycles. The molecule has 0 radical (unpaired) electrons. The van der Waals surface area contributed by atoms with Crippen molar-refractivity contribution in [2.24, 2.45) is 5.73 Å². The van der Waals surface area contributed by atoms with E-state index in [1.165, 1.54) is 0 Å². The first kappa shape index (κ1) is 13.9. The van der Waals surface area contributed by atoms with Gasteiger partial charge < -0.3 is 21.3 Å². The van der Waals surface area contributed by atoms with Crippen molar-refractivity contribution in [1.82, 2.24) is 5.32 Å². The van der Waals surface area contributed by atoms with E-state index >= 15 is 0 Å². The molecule has 1 unspecified atom stereocenters. The highest BCUT2D eigenvalue weighted by Crippen LogP contribution is 2.27. The normalized spacial score (nSPS) is 20.6. The van der Waals surface area contributed by atoms with Gasteiger partial charge in [-0.3, -0.25) is 9.59 Å². The maximum absolute atomic E-state index is 11.5. The van der Waals surface area contributed by atoms with Gasteiger partial charge in [0.25, 0.3) is 0 Å². The summed E-state index contributed by atoms with van der Waals surface area (Å²) in [5.41, 5.74) is 4.55. The van der Waals surface area contributed by atoms with Gasteiger partial charge in [-0.05, 0) is 12.8 Å². The lowest BCUT2D eigenvalue weighted by atomic mass is 9.85.